The van der Waals surface area contributed by atoms with E-state index in [9.17, 15) is 0 Å². The summed E-state index contributed by atoms with van der Waals surface area (Å²) in [5, 5.41) is 0. The number of hydrogen-bond acceptors (Lipinski definition) is 2. The second-order valence-corrected chi connectivity index (χ2v) is 4.90. The molecule has 0 N–H and O–H groups in total. The molecule has 1 saturated heterocycles. The first-order valence-electron chi connectivity index (χ1n) is 7.29. The normalized spacial score (nSPS) is 14.2. The molecule has 0 aromatic heterocycles. The van der Waals surface area contributed by atoms with E-state index in [4.69, 9.17) is 4.74 Å². The molecule has 0 saturated carbocycles. The van der Waals surface area contributed by atoms with E-state index >= 15 is 0 Å². The topological polar surface area (TPSA) is 12.5 Å². The van der Waals surface area contributed by atoms with E-state index in [-0.39, 0.29) is 0 Å². The Labute approximate surface area is 122 Å². The number of ether oxygens (including phenoxy) is 1. The molecule has 1 fully saturated rings. The van der Waals surface area contributed by atoms with Crippen LogP contribution in [-0.4, -0.2) is 20.2 Å². The van der Waals surface area contributed by atoms with Crippen molar-refractivity contribution in [1.82, 2.24) is 0 Å². The predicted molar refractivity (Wildman–Crippen MR) is 85.5 cm³/mol. The average molecular weight is 269 g/mol. The molecule has 0 bridgehead atoms. The standard InChI is InChI=1S/C11H15N.C7H8O/c1-3-7-11(8-4-1)12-9-5-2-6-10-12;1-8-7-5-3-2-4-6-7/h1,3-4,7-8H,2,5-6,9-10H2;2-6H,1H3. The second-order valence-electron chi connectivity index (χ2n) is 4.90. The number of piperidine rings is 1. The molecule has 2 aromatic carbocycles. The van der Waals surface area contributed by atoms with Crippen LogP contribution in [0.2, 0.25) is 0 Å². The molecule has 20 heavy (non-hydrogen) atoms. The van der Waals surface area contributed by atoms with Gasteiger partial charge < -0.3 is 9.64 Å². The van der Waals surface area contributed by atoms with Crippen LogP contribution in [0.1, 0.15) is 19.3 Å². The molecule has 0 amide bonds. The fourth-order valence-corrected chi connectivity index (χ4v) is 2.35. The Morgan fingerprint density at radius 1 is 0.750 bits per heavy atom. The molecular weight excluding hydrogens is 246 g/mol. The molecule has 0 spiro atoms. The third kappa shape index (κ3) is 4.61. The highest BCUT2D eigenvalue weighted by atomic mass is 16.5. The van der Waals surface area contributed by atoms with Crippen LogP contribution in [0, 0.1) is 0 Å². The first-order valence-corrected chi connectivity index (χ1v) is 7.29. The summed E-state index contributed by atoms with van der Waals surface area (Å²) in [6.07, 6.45) is 4.12. The van der Waals surface area contributed by atoms with Gasteiger partial charge in [-0.15, -0.1) is 0 Å². The number of rotatable bonds is 2. The zero-order valence-corrected chi connectivity index (χ0v) is 12.2. The highest BCUT2D eigenvalue weighted by Crippen LogP contribution is 2.18. The van der Waals surface area contributed by atoms with Gasteiger partial charge in [0.15, 0.2) is 0 Å². The Hall–Kier alpha value is -1.96. The fourth-order valence-electron chi connectivity index (χ4n) is 2.35. The van der Waals surface area contributed by atoms with Crippen molar-refractivity contribution >= 4 is 5.69 Å². The van der Waals surface area contributed by atoms with Gasteiger partial charge in [-0.25, -0.2) is 0 Å². The van der Waals surface area contributed by atoms with E-state index in [1.54, 1.807) is 7.11 Å². The van der Waals surface area contributed by atoms with Crippen LogP contribution >= 0.6 is 0 Å². The van der Waals surface area contributed by atoms with E-state index < -0.39 is 0 Å². The van der Waals surface area contributed by atoms with E-state index in [2.05, 4.69) is 35.2 Å². The first kappa shape index (κ1) is 14.4. The quantitative estimate of drug-likeness (QED) is 0.802. The molecule has 0 unspecified atom stereocenters. The molecule has 106 valence electrons. The van der Waals surface area contributed by atoms with Gasteiger partial charge in [-0.2, -0.15) is 0 Å². The van der Waals surface area contributed by atoms with E-state index in [0.29, 0.717) is 0 Å². The summed E-state index contributed by atoms with van der Waals surface area (Å²) in [5.41, 5.74) is 1.39. The summed E-state index contributed by atoms with van der Waals surface area (Å²) >= 11 is 0. The third-order valence-corrected chi connectivity index (χ3v) is 3.46. The summed E-state index contributed by atoms with van der Waals surface area (Å²) in [7, 11) is 1.66. The molecule has 0 atom stereocenters. The monoisotopic (exact) mass is 269 g/mol. The molecule has 0 aliphatic carbocycles. The van der Waals surface area contributed by atoms with Crippen molar-refractivity contribution in [3.63, 3.8) is 0 Å². The summed E-state index contributed by atoms with van der Waals surface area (Å²) < 4.78 is 4.91. The SMILES string of the molecule is COc1ccccc1.c1ccc(N2CCCCC2)cc1. The van der Waals surface area contributed by atoms with E-state index in [1.165, 1.54) is 38.0 Å². The molecule has 1 aliphatic rings. The van der Waals surface area contributed by atoms with Crippen LogP contribution in [0.4, 0.5) is 5.69 Å². The van der Waals surface area contributed by atoms with Crippen LogP contribution < -0.4 is 9.64 Å². The fraction of sp³-hybridized carbons (Fsp3) is 0.333. The maximum absolute atomic E-state index is 4.91. The van der Waals surface area contributed by atoms with E-state index in [1.807, 2.05) is 30.3 Å². The summed E-state index contributed by atoms with van der Waals surface area (Å²) in [6, 6.07) is 20.4. The predicted octanol–water partition coefficient (Wildman–Crippen LogP) is 4.37. The highest BCUT2D eigenvalue weighted by molar-refractivity contribution is 5.46. The highest BCUT2D eigenvalue weighted by Gasteiger charge is 2.09. The number of methoxy groups -OCH3 is 1. The minimum atomic E-state index is 0.910. The lowest BCUT2D eigenvalue weighted by Crippen LogP contribution is -2.29. The summed E-state index contributed by atoms with van der Waals surface area (Å²) in [6.45, 7) is 2.48. The van der Waals surface area contributed by atoms with Gasteiger partial charge in [-0.3, -0.25) is 0 Å². The molecule has 1 heterocycles. The van der Waals surface area contributed by atoms with Crippen molar-refractivity contribution in [3.8, 4) is 5.75 Å². The van der Waals surface area contributed by atoms with Crippen LogP contribution in [-0.2, 0) is 0 Å². The second kappa shape index (κ2) is 8.26. The van der Waals surface area contributed by atoms with Crippen molar-refractivity contribution in [2.45, 2.75) is 19.3 Å². The number of hydrogen-bond donors (Lipinski definition) is 0. The zero-order chi connectivity index (χ0) is 14.0. The van der Waals surface area contributed by atoms with Gasteiger partial charge >= 0.3 is 0 Å². The zero-order valence-electron chi connectivity index (χ0n) is 12.2. The van der Waals surface area contributed by atoms with E-state index in [0.717, 1.165) is 5.75 Å². The largest absolute Gasteiger partial charge is 0.497 e. The van der Waals surface area contributed by atoms with Crippen molar-refractivity contribution in [1.29, 1.82) is 0 Å². The minimum absolute atomic E-state index is 0.910. The maximum atomic E-state index is 4.91. The lowest BCUT2D eigenvalue weighted by molar-refractivity contribution is 0.415. The van der Waals surface area contributed by atoms with Crippen LogP contribution in [0.5, 0.6) is 5.75 Å². The molecule has 2 heteroatoms. The Bertz CT molecular complexity index is 463. The van der Waals surface area contributed by atoms with Crippen LogP contribution in [0.15, 0.2) is 60.7 Å². The van der Waals surface area contributed by atoms with Crippen LogP contribution in [0.3, 0.4) is 0 Å². The summed E-state index contributed by atoms with van der Waals surface area (Å²) in [5.74, 6) is 0.910. The summed E-state index contributed by atoms with van der Waals surface area (Å²) in [4.78, 5) is 2.48. The van der Waals surface area contributed by atoms with Gasteiger partial charge in [0, 0.05) is 18.8 Å². The van der Waals surface area contributed by atoms with Gasteiger partial charge in [0.2, 0.25) is 0 Å². The Morgan fingerprint density at radius 3 is 1.80 bits per heavy atom. The molecule has 3 rings (SSSR count). The Balaban J connectivity index is 0.000000160. The molecule has 2 nitrogen and oxygen atoms in total. The Kier molecular flexibility index (Phi) is 5.97. The number of anilines is 1. The van der Waals surface area contributed by atoms with Crippen molar-refractivity contribution < 1.29 is 4.74 Å². The lowest BCUT2D eigenvalue weighted by atomic mass is 10.1. The van der Waals surface area contributed by atoms with Crippen molar-refractivity contribution in [2.24, 2.45) is 0 Å². The minimum Gasteiger partial charge on any atom is -0.497 e. The lowest BCUT2D eigenvalue weighted by Gasteiger charge is -2.28. The maximum Gasteiger partial charge on any atom is 0.118 e. The first-order chi connectivity index (χ1) is 9.90. The average Bonchev–Trinajstić information content (AvgIpc) is 2.58. The van der Waals surface area contributed by atoms with Gasteiger partial charge in [-0.05, 0) is 43.5 Å². The molecular formula is C18H23NO. The molecule has 1 aliphatic heterocycles. The Morgan fingerprint density at radius 2 is 1.30 bits per heavy atom. The molecule has 0 radical (unpaired) electrons. The number of nitrogens with zero attached hydrogens (tertiary/aromatic N) is 1. The van der Waals surface area contributed by atoms with Crippen LogP contribution in [0.25, 0.3) is 0 Å². The number of para-hydroxylation sites is 2. The third-order valence-electron chi connectivity index (χ3n) is 3.46. The molecule has 2 aromatic rings. The van der Waals surface area contributed by atoms with Gasteiger partial charge in [0.05, 0.1) is 7.11 Å². The van der Waals surface area contributed by atoms with Gasteiger partial charge in [-0.1, -0.05) is 36.4 Å². The van der Waals surface area contributed by atoms with Gasteiger partial charge in [0.25, 0.3) is 0 Å². The number of benzene rings is 2. The van der Waals surface area contributed by atoms with Gasteiger partial charge in [0.1, 0.15) is 5.75 Å². The van der Waals surface area contributed by atoms with Crippen molar-refractivity contribution in [3.05, 3.63) is 60.7 Å². The smallest absolute Gasteiger partial charge is 0.118 e. The van der Waals surface area contributed by atoms with Crippen molar-refractivity contribution in [2.75, 3.05) is 25.1 Å².